The highest BCUT2D eigenvalue weighted by Gasteiger charge is 2.01. The zero-order valence-corrected chi connectivity index (χ0v) is 12.8. The van der Waals surface area contributed by atoms with Crippen LogP contribution < -0.4 is 5.32 Å². The quantitative estimate of drug-likeness (QED) is 0.773. The van der Waals surface area contributed by atoms with E-state index in [0.29, 0.717) is 0 Å². The van der Waals surface area contributed by atoms with Crippen molar-refractivity contribution >= 4 is 27.5 Å². The molecule has 0 amide bonds. The minimum absolute atomic E-state index is 0.815. The van der Waals surface area contributed by atoms with Gasteiger partial charge in [-0.3, -0.25) is 0 Å². The minimum Gasteiger partial charge on any atom is -0.311 e. The zero-order valence-electron chi connectivity index (χ0n) is 10.5. The summed E-state index contributed by atoms with van der Waals surface area (Å²) < 4.78 is 1.02. The topological polar surface area (TPSA) is 15.3 Å². The molecular weight excluding hydrogens is 300 g/mol. The number of likely N-dealkylation sites (N-methyl/N-ethyl adjacent to an activating group) is 1. The molecule has 96 valence electrons. The Morgan fingerprint density at radius 1 is 1.29 bits per heavy atom. The van der Waals surface area contributed by atoms with Crippen LogP contribution in [-0.2, 0) is 6.54 Å². The van der Waals surface area contributed by atoms with E-state index in [0.717, 1.165) is 47.8 Å². The van der Waals surface area contributed by atoms with E-state index in [4.69, 9.17) is 11.6 Å². The zero-order chi connectivity index (χ0) is 12.7. The van der Waals surface area contributed by atoms with Gasteiger partial charge in [0.25, 0.3) is 0 Å². The molecule has 0 aliphatic rings. The van der Waals surface area contributed by atoms with Crippen LogP contribution in [0.25, 0.3) is 0 Å². The number of nitrogens with zero attached hydrogens (tertiary/aromatic N) is 1. The van der Waals surface area contributed by atoms with Crippen LogP contribution in [0.2, 0.25) is 5.02 Å². The molecule has 0 heterocycles. The van der Waals surface area contributed by atoms with Gasteiger partial charge in [0.1, 0.15) is 0 Å². The number of hydrogen-bond acceptors (Lipinski definition) is 2. The van der Waals surface area contributed by atoms with Crippen LogP contribution in [0.5, 0.6) is 0 Å². The van der Waals surface area contributed by atoms with E-state index in [1.807, 2.05) is 12.1 Å². The Hall–Kier alpha value is -0.0900. The van der Waals surface area contributed by atoms with Crippen LogP contribution in [0.4, 0.5) is 0 Å². The largest absolute Gasteiger partial charge is 0.311 e. The summed E-state index contributed by atoms with van der Waals surface area (Å²) >= 11 is 9.55. The van der Waals surface area contributed by atoms with Crippen LogP contribution in [0, 0.1) is 0 Å². The van der Waals surface area contributed by atoms with Gasteiger partial charge in [-0.2, -0.15) is 0 Å². The molecule has 1 rings (SSSR count). The van der Waals surface area contributed by atoms with Crippen molar-refractivity contribution in [1.82, 2.24) is 10.2 Å². The molecule has 0 fully saturated rings. The second kappa shape index (κ2) is 8.09. The number of nitrogens with one attached hydrogen (secondary N) is 1. The Morgan fingerprint density at radius 3 is 2.59 bits per heavy atom. The minimum atomic E-state index is 0.815. The van der Waals surface area contributed by atoms with Crippen molar-refractivity contribution in [1.29, 1.82) is 0 Å². The summed E-state index contributed by atoms with van der Waals surface area (Å²) in [6.07, 6.45) is 0. The maximum atomic E-state index is 6.15. The average molecular weight is 320 g/mol. The lowest BCUT2D eigenvalue weighted by molar-refractivity contribution is 0.302. The van der Waals surface area contributed by atoms with Gasteiger partial charge in [0.05, 0.1) is 0 Å². The van der Waals surface area contributed by atoms with E-state index in [2.05, 4.69) is 46.1 Å². The maximum absolute atomic E-state index is 6.15. The third-order valence-corrected chi connectivity index (χ3v) is 3.67. The van der Waals surface area contributed by atoms with Crippen LogP contribution in [0.3, 0.4) is 0 Å². The van der Waals surface area contributed by atoms with Crippen LogP contribution in [-0.4, -0.2) is 31.1 Å². The lowest BCUT2D eigenvalue weighted by atomic mass is 10.2. The van der Waals surface area contributed by atoms with Gasteiger partial charge in [0, 0.05) is 29.1 Å². The lowest BCUT2D eigenvalue weighted by Gasteiger charge is -2.18. The van der Waals surface area contributed by atoms with Crippen LogP contribution in [0.1, 0.15) is 19.4 Å². The molecule has 0 atom stereocenters. The molecule has 0 aliphatic heterocycles. The highest BCUT2D eigenvalue weighted by Crippen LogP contribution is 2.20. The third-order valence-electron chi connectivity index (χ3n) is 2.83. The summed E-state index contributed by atoms with van der Waals surface area (Å²) in [5.41, 5.74) is 1.15. The molecule has 1 aromatic carbocycles. The van der Waals surface area contributed by atoms with Crippen molar-refractivity contribution in [2.24, 2.45) is 0 Å². The molecule has 0 aliphatic carbocycles. The molecule has 4 heteroatoms. The highest BCUT2D eigenvalue weighted by atomic mass is 79.9. The van der Waals surface area contributed by atoms with Gasteiger partial charge in [-0.1, -0.05) is 47.4 Å². The molecule has 17 heavy (non-hydrogen) atoms. The Balaban J connectivity index is 2.31. The van der Waals surface area contributed by atoms with Gasteiger partial charge < -0.3 is 10.2 Å². The van der Waals surface area contributed by atoms with Crippen molar-refractivity contribution in [3.8, 4) is 0 Å². The predicted molar refractivity (Wildman–Crippen MR) is 78.6 cm³/mol. The summed E-state index contributed by atoms with van der Waals surface area (Å²) in [4.78, 5) is 2.40. The number of hydrogen-bond donors (Lipinski definition) is 1. The first-order valence-electron chi connectivity index (χ1n) is 6.04. The van der Waals surface area contributed by atoms with Crippen LogP contribution >= 0.6 is 27.5 Å². The lowest BCUT2D eigenvalue weighted by Crippen LogP contribution is -2.31. The molecule has 2 nitrogen and oxygen atoms in total. The SMILES string of the molecule is CCN(CC)CCNCc1ccc(Br)cc1Cl. The number of halogens is 2. The van der Waals surface area contributed by atoms with Gasteiger partial charge in [0.15, 0.2) is 0 Å². The van der Waals surface area contributed by atoms with E-state index in [1.54, 1.807) is 0 Å². The fourth-order valence-corrected chi connectivity index (χ4v) is 2.41. The van der Waals surface area contributed by atoms with E-state index < -0.39 is 0 Å². The standard InChI is InChI=1S/C13H20BrClN2/c1-3-17(4-2)8-7-16-10-11-5-6-12(14)9-13(11)15/h5-6,9,16H,3-4,7-8,10H2,1-2H3. The first-order chi connectivity index (χ1) is 8.17. The Bertz CT molecular complexity index is 340. The molecule has 0 saturated carbocycles. The average Bonchev–Trinajstić information content (AvgIpc) is 2.32. The van der Waals surface area contributed by atoms with Crippen molar-refractivity contribution in [2.75, 3.05) is 26.2 Å². The first-order valence-corrected chi connectivity index (χ1v) is 7.21. The second-order valence-electron chi connectivity index (χ2n) is 3.94. The maximum Gasteiger partial charge on any atom is 0.0462 e. The number of rotatable bonds is 7. The van der Waals surface area contributed by atoms with Gasteiger partial charge in [-0.05, 0) is 30.8 Å². The fourth-order valence-electron chi connectivity index (χ4n) is 1.67. The van der Waals surface area contributed by atoms with Gasteiger partial charge in [-0.15, -0.1) is 0 Å². The molecular formula is C13H20BrClN2. The van der Waals surface area contributed by atoms with Crippen molar-refractivity contribution in [2.45, 2.75) is 20.4 Å². The first kappa shape index (κ1) is 15.0. The fraction of sp³-hybridized carbons (Fsp3) is 0.538. The Labute approximate surface area is 117 Å². The summed E-state index contributed by atoms with van der Waals surface area (Å²) in [6.45, 7) is 9.50. The molecule has 0 bridgehead atoms. The summed E-state index contributed by atoms with van der Waals surface area (Å²) in [5.74, 6) is 0. The monoisotopic (exact) mass is 318 g/mol. The third kappa shape index (κ3) is 5.38. The number of benzene rings is 1. The molecule has 0 spiro atoms. The van der Waals surface area contributed by atoms with Crippen LogP contribution in [0.15, 0.2) is 22.7 Å². The van der Waals surface area contributed by atoms with E-state index in [-0.39, 0.29) is 0 Å². The van der Waals surface area contributed by atoms with Crippen molar-refractivity contribution in [3.63, 3.8) is 0 Å². The second-order valence-corrected chi connectivity index (χ2v) is 5.26. The summed E-state index contributed by atoms with van der Waals surface area (Å²) in [6, 6.07) is 6.01. The van der Waals surface area contributed by atoms with Crippen molar-refractivity contribution in [3.05, 3.63) is 33.3 Å². The smallest absolute Gasteiger partial charge is 0.0462 e. The Kier molecular flexibility index (Phi) is 7.12. The van der Waals surface area contributed by atoms with E-state index in [1.165, 1.54) is 0 Å². The van der Waals surface area contributed by atoms with E-state index >= 15 is 0 Å². The Morgan fingerprint density at radius 2 is 2.00 bits per heavy atom. The molecule has 0 aromatic heterocycles. The van der Waals surface area contributed by atoms with Gasteiger partial charge in [-0.25, -0.2) is 0 Å². The molecule has 1 N–H and O–H groups in total. The molecule has 0 unspecified atom stereocenters. The van der Waals surface area contributed by atoms with Crippen molar-refractivity contribution < 1.29 is 0 Å². The molecule has 0 radical (unpaired) electrons. The van der Waals surface area contributed by atoms with Gasteiger partial charge in [0.2, 0.25) is 0 Å². The molecule has 0 saturated heterocycles. The predicted octanol–water partition coefficient (Wildman–Crippen LogP) is 3.53. The normalized spacial score (nSPS) is 11.1. The summed E-state index contributed by atoms with van der Waals surface area (Å²) in [7, 11) is 0. The highest BCUT2D eigenvalue weighted by molar-refractivity contribution is 9.10. The molecule has 1 aromatic rings. The summed E-state index contributed by atoms with van der Waals surface area (Å²) in [5, 5.41) is 4.23. The van der Waals surface area contributed by atoms with E-state index in [9.17, 15) is 0 Å². The van der Waals surface area contributed by atoms with Gasteiger partial charge >= 0.3 is 0 Å².